The molecule has 1 aromatic carbocycles. The number of nitrogens with zero attached hydrogens (tertiary/aromatic N) is 3. The fourth-order valence-corrected chi connectivity index (χ4v) is 7.04. The quantitative estimate of drug-likeness (QED) is 0.711. The average molecular weight is 449 g/mol. The summed E-state index contributed by atoms with van der Waals surface area (Å²) in [4.78, 5) is 18.6. The number of hydrogen-bond donors (Lipinski definition) is 1. The first kappa shape index (κ1) is 22.9. The van der Waals surface area contributed by atoms with Crippen molar-refractivity contribution in [2.45, 2.75) is 83.2 Å². The van der Waals surface area contributed by atoms with Crippen LogP contribution in [0.1, 0.15) is 82.3 Å². The highest BCUT2D eigenvalue weighted by Gasteiger charge is 2.43. The second-order valence-electron chi connectivity index (χ2n) is 11.3. The van der Waals surface area contributed by atoms with E-state index in [1.54, 1.807) is 0 Å². The van der Waals surface area contributed by atoms with E-state index in [0.29, 0.717) is 17.5 Å². The first-order chi connectivity index (χ1) is 16.0. The van der Waals surface area contributed by atoms with Gasteiger partial charge in [0.2, 0.25) is 5.91 Å². The number of hydrogen-bond acceptors (Lipinski definition) is 4. The molecule has 1 saturated carbocycles. The highest BCUT2D eigenvalue weighted by molar-refractivity contribution is 6.05. The number of likely N-dealkylation sites (tertiary alicyclic amines) is 1. The lowest BCUT2D eigenvalue weighted by atomic mass is 9.79. The van der Waals surface area contributed by atoms with Crippen LogP contribution in [-0.4, -0.2) is 49.1 Å². The topological polar surface area (TPSA) is 59.4 Å². The maximum atomic E-state index is 13.7. The summed E-state index contributed by atoms with van der Waals surface area (Å²) in [5.74, 6) is 2.47. The smallest absolute Gasteiger partial charge is 0.234 e. The number of piperidine rings is 1. The van der Waals surface area contributed by atoms with Crippen LogP contribution < -0.4 is 10.2 Å². The second kappa shape index (κ2) is 9.76. The zero-order valence-corrected chi connectivity index (χ0v) is 20.4. The van der Waals surface area contributed by atoms with Crippen molar-refractivity contribution in [2.75, 3.05) is 31.1 Å². The minimum absolute atomic E-state index is 0.0810. The predicted octanol–water partition coefficient (Wildman–Crippen LogP) is 4.67. The molecule has 0 radical (unpaired) electrons. The van der Waals surface area contributed by atoms with E-state index in [1.165, 1.54) is 25.7 Å². The molecular weight excluding hydrogens is 408 g/mol. The molecule has 5 rings (SSSR count). The van der Waals surface area contributed by atoms with Crippen molar-refractivity contribution >= 4 is 11.6 Å². The van der Waals surface area contributed by atoms with Gasteiger partial charge in [0.05, 0.1) is 17.6 Å². The number of carbonyl (C=O) groups is 1. The van der Waals surface area contributed by atoms with Crippen LogP contribution in [0.5, 0.6) is 0 Å². The van der Waals surface area contributed by atoms with Crippen molar-refractivity contribution < 1.29 is 4.79 Å². The van der Waals surface area contributed by atoms with Crippen molar-refractivity contribution in [3.8, 4) is 6.07 Å². The van der Waals surface area contributed by atoms with Crippen LogP contribution in [0.4, 0.5) is 5.69 Å². The van der Waals surface area contributed by atoms with Gasteiger partial charge in [0, 0.05) is 30.9 Å². The highest BCUT2D eigenvalue weighted by atomic mass is 16.2. The Morgan fingerprint density at radius 1 is 1.06 bits per heavy atom. The molecule has 178 valence electrons. The van der Waals surface area contributed by atoms with Crippen LogP contribution in [0.3, 0.4) is 0 Å². The molecule has 1 aliphatic carbocycles. The summed E-state index contributed by atoms with van der Waals surface area (Å²) in [7, 11) is 0. The number of nitriles is 1. The lowest BCUT2D eigenvalue weighted by molar-refractivity contribution is -0.120. The number of benzene rings is 1. The maximum absolute atomic E-state index is 13.7. The molecule has 3 heterocycles. The molecular formula is C28H40N4O. The zero-order valence-electron chi connectivity index (χ0n) is 20.4. The summed E-state index contributed by atoms with van der Waals surface area (Å²) >= 11 is 0. The molecule has 0 aromatic heterocycles. The molecule has 5 heteroatoms. The number of anilines is 1. The highest BCUT2D eigenvalue weighted by Crippen LogP contribution is 2.44. The molecule has 1 amide bonds. The minimum atomic E-state index is -0.0810. The molecule has 5 nitrogen and oxygen atoms in total. The lowest BCUT2D eigenvalue weighted by Gasteiger charge is -2.43. The Hall–Kier alpha value is -1.90. The van der Waals surface area contributed by atoms with Gasteiger partial charge in [-0.2, -0.15) is 5.26 Å². The fraction of sp³-hybridized carbons (Fsp3) is 0.714. The number of amides is 1. The Morgan fingerprint density at radius 2 is 1.82 bits per heavy atom. The van der Waals surface area contributed by atoms with Gasteiger partial charge < -0.3 is 15.1 Å². The molecule has 0 bridgehead atoms. The molecule has 2 unspecified atom stereocenters. The van der Waals surface area contributed by atoms with Crippen LogP contribution in [0.2, 0.25) is 0 Å². The van der Waals surface area contributed by atoms with Crippen molar-refractivity contribution in [2.24, 2.45) is 17.8 Å². The van der Waals surface area contributed by atoms with Crippen molar-refractivity contribution in [3.05, 3.63) is 29.3 Å². The third-order valence-electron chi connectivity index (χ3n) is 9.12. The molecule has 1 N–H and O–H groups in total. The van der Waals surface area contributed by atoms with E-state index < -0.39 is 0 Å². The Bertz CT molecular complexity index is 884. The normalized spacial score (nSPS) is 31.2. The summed E-state index contributed by atoms with van der Waals surface area (Å²) in [6.45, 7) is 9.02. The Balaban J connectivity index is 1.27. The number of rotatable bonds is 5. The molecule has 3 fully saturated rings. The van der Waals surface area contributed by atoms with Crippen molar-refractivity contribution in [1.82, 2.24) is 10.2 Å². The molecule has 1 aromatic rings. The van der Waals surface area contributed by atoms with Gasteiger partial charge in [0.1, 0.15) is 0 Å². The number of fused-ring (bicyclic) bond motifs is 1. The predicted molar refractivity (Wildman–Crippen MR) is 132 cm³/mol. The Kier molecular flexibility index (Phi) is 6.77. The van der Waals surface area contributed by atoms with Gasteiger partial charge in [-0.25, -0.2) is 0 Å². The van der Waals surface area contributed by atoms with Crippen LogP contribution >= 0.6 is 0 Å². The number of carbonyl (C=O) groups excluding carboxylic acids is 1. The van der Waals surface area contributed by atoms with E-state index in [-0.39, 0.29) is 11.8 Å². The Labute approximate surface area is 199 Å². The fourth-order valence-electron chi connectivity index (χ4n) is 7.04. The number of nitrogens with one attached hydrogen (secondary N) is 1. The van der Waals surface area contributed by atoms with Gasteiger partial charge in [-0.1, -0.05) is 13.8 Å². The zero-order chi connectivity index (χ0) is 22.9. The van der Waals surface area contributed by atoms with E-state index in [9.17, 15) is 10.1 Å². The third-order valence-corrected chi connectivity index (χ3v) is 9.12. The summed E-state index contributed by atoms with van der Waals surface area (Å²) in [5, 5.41) is 12.9. The van der Waals surface area contributed by atoms with Crippen LogP contribution in [-0.2, 0) is 4.79 Å². The monoisotopic (exact) mass is 448 g/mol. The first-order valence-electron chi connectivity index (χ1n) is 13.4. The van der Waals surface area contributed by atoms with Gasteiger partial charge in [-0.05, 0) is 106 Å². The maximum Gasteiger partial charge on any atom is 0.234 e. The molecule has 3 aliphatic heterocycles. The van der Waals surface area contributed by atoms with Crippen LogP contribution in [0, 0.1) is 29.1 Å². The third kappa shape index (κ3) is 4.57. The SMILES string of the molecule is CC(C)C1CCC(N2CCC(N3C(=O)C(CC4CCNC4)c4cc(C#N)ccc43)CC2)CC1. The van der Waals surface area contributed by atoms with E-state index in [1.807, 2.05) is 18.2 Å². The first-order valence-corrected chi connectivity index (χ1v) is 13.4. The van der Waals surface area contributed by atoms with Crippen molar-refractivity contribution in [3.63, 3.8) is 0 Å². The van der Waals surface area contributed by atoms with Crippen molar-refractivity contribution in [1.29, 1.82) is 5.26 Å². The minimum Gasteiger partial charge on any atom is -0.316 e. The van der Waals surface area contributed by atoms with E-state index >= 15 is 0 Å². The van der Waals surface area contributed by atoms with Gasteiger partial charge in [0.15, 0.2) is 0 Å². The molecule has 33 heavy (non-hydrogen) atoms. The van der Waals surface area contributed by atoms with Crippen LogP contribution in [0.15, 0.2) is 18.2 Å². The van der Waals surface area contributed by atoms with E-state index in [2.05, 4.69) is 35.0 Å². The molecule has 2 atom stereocenters. The molecule has 0 spiro atoms. The molecule has 2 saturated heterocycles. The summed E-state index contributed by atoms with van der Waals surface area (Å²) in [6.07, 6.45) is 9.61. The largest absolute Gasteiger partial charge is 0.316 e. The van der Waals surface area contributed by atoms with E-state index in [0.717, 1.165) is 81.0 Å². The summed E-state index contributed by atoms with van der Waals surface area (Å²) in [6, 6.07) is 9.23. The van der Waals surface area contributed by atoms with Gasteiger partial charge in [-0.3, -0.25) is 4.79 Å². The van der Waals surface area contributed by atoms with E-state index in [4.69, 9.17) is 0 Å². The summed E-state index contributed by atoms with van der Waals surface area (Å²) in [5.41, 5.74) is 2.84. The standard InChI is InChI=1S/C28H40N4O/c1-19(2)22-4-6-23(7-5-22)31-13-10-24(11-14-31)32-27-8-3-20(17-29)15-25(27)26(28(32)33)16-21-9-12-30-18-21/h3,8,15,19,21-24,26,30H,4-7,9-14,16,18H2,1-2H3. The summed E-state index contributed by atoms with van der Waals surface area (Å²) < 4.78 is 0. The van der Waals surface area contributed by atoms with Gasteiger partial charge >= 0.3 is 0 Å². The van der Waals surface area contributed by atoms with Gasteiger partial charge in [0.25, 0.3) is 0 Å². The lowest BCUT2D eigenvalue weighted by Crippen LogP contribution is -2.50. The van der Waals surface area contributed by atoms with Crippen LogP contribution in [0.25, 0.3) is 0 Å². The average Bonchev–Trinajstić information content (AvgIpc) is 3.45. The van der Waals surface area contributed by atoms with Gasteiger partial charge in [-0.15, -0.1) is 0 Å². The Morgan fingerprint density at radius 3 is 2.45 bits per heavy atom. The molecule has 4 aliphatic rings. The second-order valence-corrected chi connectivity index (χ2v) is 11.3.